The lowest BCUT2D eigenvalue weighted by atomic mass is 10.1. The molecule has 0 spiro atoms. The van der Waals surface area contributed by atoms with Crippen LogP contribution in [-0.4, -0.2) is 18.6 Å². The van der Waals surface area contributed by atoms with Gasteiger partial charge in [-0.1, -0.05) is 0 Å². The number of hydrogen-bond acceptors (Lipinski definition) is 2. The number of ketones is 1. The largest absolute Gasteiger partial charge is 0.454 e. The van der Waals surface area contributed by atoms with Gasteiger partial charge >= 0.3 is 12.6 Å². The van der Waals surface area contributed by atoms with E-state index in [1.54, 1.807) is 0 Å². The Labute approximate surface area is 104 Å². The fourth-order valence-corrected chi connectivity index (χ4v) is 1.25. The van der Waals surface area contributed by atoms with Crippen molar-refractivity contribution >= 4 is 5.78 Å². The average Bonchev–Trinajstić information content (AvgIpc) is 2.27. The van der Waals surface area contributed by atoms with E-state index in [0.717, 1.165) is 13.0 Å². The van der Waals surface area contributed by atoms with Crippen LogP contribution < -0.4 is 4.74 Å². The summed E-state index contributed by atoms with van der Waals surface area (Å²) in [5, 5.41) is 0. The number of alkyl halides is 6. The van der Waals surface area contributed by atoms with Gasteiger partial charge in [-0.25, -0.2) is 8.78 Å². The van der Waals surface area contributed by atoms with Gasteiger partial charge in [0.2, 0.25) is 0 Å². The Morgan fingerprint density at radius 3 is 2.21 bits per heavy atom. The van der Waals surface area contributed by atoms with E-state index < -0.39 is 36.1 Å². The molecule has 0 bridgehead atoms. The second-order valence-electron chi connectivity index (χ2n) is 3.57. The van der Waals surface area contributed by atoms with Crippen molar-refractivity contribution in [2.75, 3.05) is 0 Å². The molecule has 0 radical (unpaired) electrons. The van der Waals surface area contributed by atoms with Crippen LogP contribution in [0.15, 0.2) is 18.2 Å². The fourth-order valence-electron chi connectivity index (χ4n) is 1.25. The number of ether oxygens (including phenoxy) is 1. The van der Waals surface area contributed by atoms with E-state index in [4.69, 9.17) is 0 Å². The third kappa shape index (κ3) is 3.87. The van der Waals surface area contributed by atoms with Crippen molar-refractivity contribution in [3.8, 4) is 5.75 Å². The zero-order valence-electron chi connectivity index (χ0n) is 9.47. The van der Waals surface area contributed by atoms with E-state index in [0.29, 0.717) is 12.1 Å². The Morgan fingerprint density at radius 1 is 1.21 bits per heavy atom. The molecule has 0 aliphatic heterocycles. The van der Waals surface area contributed by atoms with Gasteiger partial charge in [0, 0.05) is 5.56 Å². The van der Waals surface area contributed by atoms with E-state index in [-0.39, 0.29) is 5.56 Å². The van der Waals surface area contributed by atoms with Crippen molar-refractivity contribution in [1.29, 1.82) is 0 Å². The van der Waals surface area contributed by atoms with Gasteiger partial charge in [-0.15, -0.1) is 0 Å². The standard InChI is InChI=1S/C11H8F6O2/c1-5(18)6-2-3-8(19-10(14)9(12)13)7(4-6)11(15,16)17/h2-4,9-10H,1H3. The molecule has 1 atom stereocenters. The quantitative estimate of drug-likeness (QED) is 0.621. The first-order chi connectivity index (χ1) is 8.62. The highest BCUT2D eigenvalue weighted by molar-refractivity contribution is 5.94. The number of benzene rings is 1. The van der Waals surface area contributed by atoms with Crippen LogP contribution in [0.2, 0.25) is 0 Å². The first kappa shape index (κ1) is 15.3. The van der Waals surface area contributed by atoms with Gasteiger partial charge < -0.3 is 4.74 Å². The van der Waals surface area contributed by atoms with E-state index in [2.05, 4.69) is 4.74 Å². The Balaban J connectivity index is 3.20. The summed E-state index contributed by atoms with van der Waals surface area (Å²) >= 11 is 0. The zero-order valence-corrected chi connectivity index (χ0v) is 9.47. The van der Waals surface area contributed by atoms with Gasteiger partial charge in [-0.2, -0.15) is 17.6 Å². The monoisotopic (exact) mass is 286 g/mol. The first-order valence-electron chi connectivity index (χ1n) is 4.94. The molecule has 1 rings (SSSR count). The number of halogens is 6. The molecule has 1 aromatic carbocycles. The Bertz CT molecular complexity index is 469. The van der Waals surface area contributed by atoms with Crippen molar-refractivity contribution < 1.29 is 35.9 Å². The molecular formula is C11H8F6O2. The summed E-state index contributed by atoms with van der Waals surface area (Å²) in [6, 6.07) is 2.00. The van der Waals surface area contributed by atoms with Gasteiger partial charge in [0.1, 0.15) is 5.75 Å². The highest BCUT2D eigenvalue weighted by Crippen LogP contribution is 2.37. The molecule has 8 heteroatoms. The summed E-state index contributed by atoms with van der Waals surface area (Å²) in [6.07, 6.45) is -11.7. The predicted molar refractivity (Wildman–Crippen MR) is 53.0 cm³/mol. The van der Waals surface area contributed by atoms with Gasteiger partial charge in [0.25, 0.3) is 6.36 Å². The third-order valence-corrected chi connectivity index (χ3v) is 2.13. The van der Waals surface area contributed by atoms with Crippen LogP contribution in [0, 0.1) is 0 Å². The SMILES string of the molecule is CC(=O)c1ccc(OC(F)C(F)F)c(C(F)(F)F)c1. The van der Waals surface area contributed by atoms with E-state index in [9.17, 15) is 31.1 Å². The number of carbonyl (C=O) groups is 1. The number of Topliss-reactive ketones (excluding diaryl/α,β-unsaturated/α-hetero) is 1. The molecule has 0 saturated carbocycles. The van der Waals surface area contributed by atoms with Gasteiger partial charge in [0.05, 0.1) is 5.56 Å². The van der Waals surface area contributed by atoms with Crippen LogP contribution in [0.4, 0.5) is 26.3 Å². The molecule has 0 fully saturated rings. The minimum Gasteiger partial charge on any atom is -0.454 e. The van der Waals surface area contributed by atoms with E-state index in [1.807, 2.05) is 0 Å². The molecule has 0 saturated heterocycles. The normalized spacial score (nSPS) is 13.5. The summed E-state index contributed by atoms with van der Waals surface area (Å²) in [5.74, 6) is -1.74. The summed E-state index contributed by atoms with van der Waals surface area (Å²) < 4.78 is 78.3. The van der Waals surface area contributed by atoms with Crippen molar-refractivity contribution in [3.05, 3.63) is 29.3 Å². The average molecular weight is 286 g/mol. The maximum Gasteiger partial charge on any atom is 0.419 e. The van der Waals surface area contributed by atoms with Crippen LogP contribution in [0.3, 0.4) is 0 Å². The summed E-state index contributed by atoms with van der Waals surface area (Å²) in [4.78, 5) is 11.0. The zero-order chi connectivity index (χ0) is 14.8. The minimum atomic E-state index is -4.96. The highest BCUT2D eigenvalue weighted by Gasteiger charge is 2.36. The Kier molecular flexibility index (Phi) is 4.43. The van der Waals surface area contributed by atoms with Crippen molar-refractivity contribution in [1.82, 2.24) is 0 Å². The van der Waals surface area contributed by atoms with Crippen molar-refractivity contribution in [2.45, 2.75) is 25.9 Å². The summed E-state index contributed by atoms with van der Waals surface area (Å²) in [5.41, 5.74) is -1.77. The van der Waals surface area contributed by atoms with Gasteiger partial charge in [-0.05, 0) is 25.1 Å². The lowest BCUT2D eigenvalue weighted by molar-refractivity contribution is -0.142. The van der Waals surface area contributed by atoms with Gasteiger partial charge in [0.15, 0.2) is 5.78 Å². The number of carbonyl (C=O) groups excluding carboxylic acids is 1. The molecule has 0 amide bonds. The van der Waals surface area contributed by atoms with Crippen LogP contribution in [0.25, 0.3) is 0 Å². The molecular weight excluding hydrogens is 278 g/mol. The minimum absolute atomic E-state index is 0.285. The van der Waals surface area contributed by atoms with Crippen molar-refractivity contribution in [2.24, 2.45) is 0 Å². The third-order valence-electron chi connectivity index (χ3n) is 2.13. The predicted octanol–water partition coefficient (Wildman–Crippen LogP) is 3.85. The molecule has 19 heavy (non-hydrogen) atoms. The molecule has 1 unspecified atom stereocenters. The first-order valence-corrected chi connectivity index (χ1v) is 4.94. The number of rotatable bonds is 4. The smallest absolute Gasteiger partial charge is 0.419 e. The Hall–Kier alpha value is -1.73. The van der Waals surface area contributed by atoms with Crippen LogP contribution >= 0.6 is 0 Å². The number of hydrogen-bond donors (Lipinski definition) is 0. The van der Waals surface area contributed by atoms with E-state index >= 15 is 0 Å². The van der Waals surface area contributed by atoms with Crippen molar-refractivity contribution in [3.63, 3.8) is 0 Å². The summed E-state index contributed by atoms with van der Waals surface area (Å²) in [7, 11) is 0. The molecule has 0 aliphatic rings. The Morgan fingerprint density at radius 2 is 1.79 bits per heavy atom. The van der Waals surface area contributed by atoms with Crippen LogP contribution in [0.1, 0.15) is 22.8 Å². The van der Waals surface area contributed by atoms with Crippen LogP contribution in [0.5, 0.6) is 5.75 Å². The maximum atomic E-state index is 12.6. The second kappa shape index (κ2) is 5.50. The molecule has 0 heterocycles. The molecule has 2 nitrogen and oxygen atoms in total. The van der Waals surface area contributed by atoms with Gasteiger partial charge in [-0.3, -0.25) is 4.79 Å². The second-order valence-corrected chi connectivity index (χ2v) is 3.57. The molecule has 0 N–H and O–H groups in total. The molecule has 1 aromatic rings. The highest BCUT2D eigenvalue weighted by atomic mass is 19.4. The fraction of sp³-hybridized carbons (Fsp3) is 0.364. The summed E-state index contributed by atoms with van der Waals surface area (Å²) in [6.45, 7) is 1.03. The topological polar surface area (TPSA) is 26.3 Å². The lowest BCUT2D eigenvalue weighted by Crippen LogP contribution is -2.21. The molecule has 0 aliphatic carbocycles. The maximum absolute atomic E-state index is 12.6. The molecule has 0 aromatic heterocycles. The van der Waals surface area contributed by atoms with E-state index in [1.165, 1.54) is 0 Å². The molecule has 106 valence electrons. The lowest BCUT2D eigenvalue weighted by Gasteiger charge is -2.16. The van der Waals surface area contributed by atoms with Crippen LogP contribution in [-0.2, 0) is 6.18 Å².